The number of nitrogens with zero attached hydrogens (tertiary/aromatic N) is 1. The molecule has 1 fully saturated rings. The van der Waals surface area contributed by atoms with E-state index in [4.69, 9.17) is 5.73 Å². The van der Waals surface area contributed by atoms with E-state index >= 15 is 0 Å². The summed E-state index contributed by atoms with van der Waals surface area (Å²) in [6, 6.07) is 5.87. The molecule has 0 aliphatic carbocycles. The molecule has 7 nitrogen and oxygen atoms in total. The van der Waals surface area contributed by atoms with Crippen LogP contribution < -0.4 is 16.4 Å². The second kappa shape index (κ2) is 5.70. The third-order valence-electron chi connectivity index (χ3n) is 3.13. The van der Waals surface area contributed by atoms with Crippen LogP contribution in [0.5, 0.6) is 0 Å². The number of piperazine rings is 1. The summed E-state index contributed by atoms with van der Waals surface area (Å²) in [6.07, 6.45) is 0. The van der Waals surface area contributed by atoms with Crippen LogP contribution in [0.3, 0.4) is 0 Å². The van der Waals surface area contributed by atoms with E-state index in [0.717, 1.165) is 5.56 Å². The summed E-state index contributed by atoms with van der Waals surface area (Å²) in [4.78, 5) is 36.1. The van der Waals surface area contributed by atoms with E-state index in [9.17, 15) is 14.4 Å². The van der Waals surface area contributed by atoms with Crippen molar-refractivity contribution in [2.45, 2.75) is 19.5 Å². The van der Waals surface area contributed by atoms with Gasteiger partial charge in [0.2, 0.25) is 11.8 Å². The van der Waals surface area contributed by atoms with Crippen LogP contribution in [0.1, 0.15) is 12.5 Å². The van der Waals surface area contributed by atoms with Crippen LogP contribution in [-0.4, -0.2) is 35.3 Å². The number of hydrogen-bond donors (Lipinski definition) is 3. The molecule has 0 saturated carbocycles. The van der Waals surface area contributed by atoms with Crippen molar-refractivity contribution in [2.24, 2.45) is 5.73 Å². The molecule has 1 aliphatic rings. The predicted molar refractivity (Wildman–Crippen MR) is 72.7 cm³/mol. The Bertz CT molecular complexity index is 541. The van der Waals surface area contributed by atoms with Crippen LogP contribution in [0.25, 0.3) is 0 Å². The average molecular weight is 276 g/mol. The van der Waals surface area contributed by atoms with Gasteiger partial charge >= 0.3 is 6.03 Å². The molecule has 0 radical (unpaired) electrons. The highest BCUT2D eigenvalue weighted by Gasteiger charge is 2.33. The molecule has 1 saturated heterocycles. The monoisotopic (exact) mass is 276 g/mol. The summed E-state index contributed by atoms with van der Waals surface area (Å²) in [5, 5.41) is 4.83. The summed E-state index contributed by atoms with van der Waals surface area (Å²) in [6.45, 7) is 1.85. The molecule has 0 spiro atoms. The van der Waals surface area contributed by atoms with Crippen molar-refractivity contribution in [2.75, 3.05) is 11.9 Å². The minimum Gasteiger partial charge on any atom is -0.326 e. The Morgan fingerprint density at radius 2 is 2.05 bits per heavy atom. The van der Waals surface area contributed by atoms with Gasteiger partial charge in [-0.1, -0.05) is 12.1 Å². The highest BCUT2D eigenvalue weighted by Crippen LogP contribution is 2.12. The van der Waals surface area contributed by atoms with Crippen LogP contribution in [0.2, 0.25) is 0 Å². The average Bonchev–Trinajstić information content (AvgIpc) is 2.43. The van der Waals surface area contributed by atoms with E-state index in [0.29, 0.717) is 12.2 Å². The molecule has 1 aromatic rings. The maximum atomic E-state index is 12.1. The van der Waals surface area contributed by atoms with Crippen molar-refractivity contribution >= 4 is 23.5 Å². The van der Waals surface area contributed by atoms with E-state index in [1.54, 1.807) is 31.2 Å². The lowest BCUT2D eigenvalue weighted by Gasteiger charge is -2.31. The lowest BCUT2D eigenvalue weighted by Crippen LogP contribution is -2.59. The van der Waals surface area contributed by atoms with E-state index in [1.165, 1.54) is 4.90 Å². The SMILES string of the molecule is CC1C(=O)NC(=O)CN1C(=O)Nc1ccc(CN)cc1. The van der Waals surface area contributed by atoms with Crippen molar-refractivity contribution in [3.05, 3.63) is 29.8 Å². The van der Waals surface area contributed by atoms with Crippen molar-refractivity contribution < 1.29 is 14.4 Å². The quantitative estimate of drug-likeness (QED) is 0.662. The van der Waals surface area contributed by atoms with E-state index in [2.05, 4.69) is 10.6 Å². The van der Waals surface area contributed by atoms with Crippen LogP contribution in [0.15, 0.2) is 24.3 Å². The van der Waals surface area contributed by atoms with Gasteiger partial charge in [0.15, 0.2) is 0 Å². The van der Waals surface area contributed by atoms with Gasteiger partial charge in [0.25, 0.3) is 0 Å². The van der Waals surface area contributed by atoms with E-state index in [-0.39, 0.29) is 6.54 Å². The molecule has 1 atom stereocenters. The minimum absolute atomic E-state index is 0.139. The molecule has 0 bridgehead atoms. The number of benzene rings is 1. The Hall–Kier alpha value is -2.41. The van der Waals surface area contributed by atoms with Gasteiger partial charge in [-0.25, -0.2) is 4.79 Å². The Morgan fingerprint density at radius 1 is 1.40 bits per heavy atom. The predicted octanol–water partition coefficient (Wildman–Crippen LogP) is 0.0241. The third-order valence-corrected chi connectivity index (χ3v) is 3.13. The first-order chi connectivity index (χ1) is 9.51. The Kier molecular flexibility index (Phi) is 3.99. The minimum atomic E-state index is -0.684. The van der Waals surface area contributed by atoms with Crippen LogP contribution in [0.4, 0.5) is 10.5 Å². The molecule has 20 heavy (non-hydrogen) atoms. The van der Waals surface area contributed by atoms with Gasteiger partial charge in [-0.15, -0.1) is 0 Å². The molecule has 7 heteroatoms. The molecular weight excluding hydrogens is 260 g/mol. The number of carbonyl (C=O) groups is 3. The molecule has 1 unspecified atom stereocenters. The number of nitrogens with two attached hydrogens (primary N) is 1. The van der Waals surface area contributed by atoms with Crippen LogP contribution in [0, 0.1) is 0 Å². The summed E-state index contributed by atoms with van der Waals surface area (Å²) < 4.78 is 0. The molecular formula is C13H16N4O3. The number of amides is 4. The van der Waals surface area contributed by atoms with E-state index in [1.807, 2.05) is 0 Å². The van der Waals surface area contributed by atoms with Gasteiger partial charge in [-0.3, -0.25) is 14.9 Å². The smallest absolute Gasteiger partial charge is 0.322 e. The van der Waals surface area contributed by atoms with Crippen molar-refractivity contribution in [3.8, 4) is 0 Å². The second-order valence-electron chi connectivity index (χ2n) is 4.55. The molecule has 1 aromatic carbocycles. The number of rotatable bonds is 2. The molecule has 106 valence electrons. The lowest BCUT2D eigenvalue weighted by atomic mass is 10.2. The fourth-order valence-electron chi connectivity index (χ4n) is 1.88. The van der Waals surface area contributed by atoms with Gasteiger partial charge in [0.05, 0.1) is 0 Å². The Morgan fingerprint density at radius 3 is 2.65 bits per heavy atom. The van der Waals surface area contributed by atoms with Crippen molar-refractivity contribution in [1.82, 2.24) is 10.2 Å². The molecule has 2 rings (SSSR count). The van der Waals surface area contributed by atoms with Gasteiger partial charge in [-0.2, -0.15) is 0 Å². The fourth-order valence-corrected chi connectivity index (χ4v) is 1.88. The second-order valence-corrected chi connectivity index (χ2v) is 4.55. The number of nitrogens with one attached hydrogen (secondary N) is 2. The number of imide groups is 1. The summed E-state index contributed by atoms with van der Waals surface area (Å²) in [5.41, 5.74) is 7.02. The number of anilines is 1. The zero-order chi connectivity index (χ0) is 14.7. The zero-order valence-corrected chi connectivity index (χ0v) is 11.1. The van der Waals surface area contributed by atoms with Crippen LogP contribution >= 0.6 is 0 Å². The third kappa shape index (κ3) is 2.94. The first-order valence-corrected chi connectivity index (χ1v) is 6.21. The summed E-state index contributed by atoms with van der Waals surface area (Å²) in [7, 11) is 0. The van der Waals surface area contributed by atoms with Gasteiger partial charge in [-0.05, 0) is 24.6 Å². The zero-order valence-electron chi connectivity index (χ0n) is 11.1. The summed E-state index contributed by atoms with van der Waals surface area (Å²) in [5.74, 6) is -0.961. The highest BCUT2D eigenvalue weighted by molar-refractivity contribution is 6.05. The maximum absolute atomic E-state index is 12.1. The van der Waals surface area contributed by atoms with Crippen LogP contribution in [-0.2, 0) is 16.1 Å². The van der Waals surface area contributed by atoms with Crippen molar-refractivity contribution in [3.63, 3.8) is 0 Å². The van der Waals surface area contributed by atoms with Crippen molar-refractivity contribution in [1.29, 1.82) is 0 Å². The Labute approximate surface area is 116 Å². The number of hydrogen-bond acceptors (Lipinski definition) is 4. The Balaban J connectivity index is 2.06. The molecule has 4 amide bonds. The van der Waals surface area contributed by atoms with Gasteiger partial charge in [0.1, 0.15) is 12.6 Å². The normalized spacial score (nSPS) is 18.7. The number of urea groups is 1. The largest absolute Gasteiger partial charge is 0.326 e. The molecule has 0 aromatic heterocycles. The first-order valence-electron chi connectivity index (χ1n) is 6.21. The summed E-state index contributed by atoms with van der Waals surface area (Å²) >= 11 is 0. The fraction of sp³-hybridized carbons (Fsp3) is 0.308. The standard InChI is InChI=1S/C13H16N4O3/c1-8-12(19)16-11(18)7-17(8)13(20)15-10-4-2-9(6-14)3-5-10/h2-5,8H,6-7,14H2,1H3,(H,15,20)(H,16,18,19). The maximum Gasteiger partial charge on any atom is 0.322 e. The van der Waals surface area contributed by atoms with Gasteiger partial charge < -0.3 is 16.0 Å². The topological polar surface area (TPSA) is 105 Å². The first kappa shape index (κ1) is 14.0. The molecule has 4 N–H and O–H groups in total. The van der Waals surface area contributed by atoms with E-state index < -0.39 is 23.9 Å². The molecule has 1 heterocycles. The lowest BCUT2D eigenvalue weighted by molar-refractivity contribution is -0.137. The number of carbonyl (C=O) groups excluding carboxylic acids is 3. The molecule has 1 aliphatic heterocycles. The highest BCUT2D eigenvalue weighted by atomic mass is 16.2. The van der Waals surface area contributed by atoms with Gasteiger partial charge in [0, 0.05) is 12.2 Å².